The van der Waals surface area contributed by atoms with E-state index in [1.165, 1.54) is 30.3 Å². The fraction of sp³-hybridized carbons (Fsp3) is 0.111. The maximum atomic E-state index is 12.2. The van der Waals surface area contributed by atoms with Crippen molar-refractivity contribution in [3.63, 3.8) is 0 Å². The van der Waals surface area contributed by atoms with Crippen molar-refractivity contribution in [1.82, 2.24) is 0 Å². The second-order valence-electron chi connectivity index (χ2n) is 3.04. The summed E-state index contributed by atoms with van der Waals surface area (Å²) >= 11 is 0. The second kappa shape index (κ2) is 4.73. The summed E-state index contributed by atoms with van der Waals surface area (Å²) in [6.07, 6.45) is 0. The average molecular weight is 299 g/mol. The molecule has 0 N–H and O–H groups in total. The van der Waals surface area contributed by atoms with Gasteiger partial charge in [0.25, 0.3) is 0 Å². The molecule has 0 radical (unpaired) electrons. The molecule has 1 aromatic rings. The lowest BCUT2D eigenvalue weighted by Crippen LogP contribution is -2.22. The number of halogens is 3. The van der Waals surface area contributed by atoms with Gasteiger partial charge >= 0.3 is 15.5 Å². The Morgan fingerprint density at radius 2 is 1.61 bits per heavy atom. The smallest absolute Gasteiger partial charge is 0.239 e. The van der Waals surface area contributed by atoms with Crippen LogP contribution in [0.5, 0.6) is 0 Å². The van der Waals surface area contributed by atoms with Crippen LogP contribution in [-0.4, -0.2) is 18.1 Å². The first-order chi connectivity index (χ1) is 8.12. The Labute approximate surface area is 102 Å². The SMILES string of the molecule is C=CS(=O)(=NS(=O)(=O)C(F)(F)F)c1ccccc1. The van der Waals surface area contributed by atoms with Crippen molar-refractivity contribution in [3.8, 4) is 0 Å². The van der Waals surface area contributed by atoms with E-state index in [1.54, 1.807) is 0 Å². The van der Waals surface area contributed by atoms with E-state index in [1.807, 2.05) is 0 Å². The molecule has 0 aliphatic rings. The zero-order valence-corrected chi connectivity index (χ0v) is 10.4. The lowest BCUT2D eigenvalue weighted by molar-refractivity contribution is -0.0434. The normalized spacial score (nSPS) is 15.7. The van der Waals surface area contributed by atoms with Crippen LogP contribution in [0.4, 0.5) is 13.2 Å². The van der Waals surface area contributed by atoms with Crippen molar-refractivity contribution in [1.29, 1.82) is 0 Å². The molecule has 1 aromatic carbocycles. The third-order valence-corrected chi connectivity index (χ3v) is 5.46. The third-order valence-electron chi connectivity index (χ3n) is 1.81. The maximum absolute atomic E-state index is 12.2. The summed E-state index contributed by atoms with van der Waals surface area (Å²) in [6.45, 7) is 3.07. The highest BCUT2D eigenvalue weighted by atomic mass is 32.3. The van der Waals surface area contributed by atoms with E-state index in [4.69, 9.17) is 0 Å². The number of hydrogen-bond donors (Lipinski definition) is 0. The molecule has 100 valence electrons. The summed E-state index contributed by atoms with van der Waals surface area (Å²) in [5, 5.41) is 0.589. The molecule has 0 aliphatic carbocycles. The predicted molar refractivity (Wildman–Crippen MR) is 60.5 cm³/mol. The second-order valence-corrected chi connectivity index (χ2v) is 7.00. The number of hydrogen-bond acceptors (Lipinski definition) is 3. The van der Waals surface area contributed by atoms with Gasteiger partial charge in [-0.15, -0.1) is 0 Å². The highest BCUT2D eigenvalue weighted by molar-refractivity contribution is 8.05. The van der Waals surface area contributed by atoms with Gasteiger partial charge in [0.2, 0.25) is 0 Å². The molecule has 1 rings (SSSR count). The van der Waals surface area contributed by atoms with Gasteiger partial charge in [0.1, 0.15) is 9.73 Å². The van der Waals surface area contributed by atoms with E-state index in [2.05, 4.69) is 10.3 Å². The molecule has 0 aromatic heterocycles. The zero-order valence-electron chi connectivity index (χ0n) is 8.79. The lowest BCUT2D eigenvalue weighted by atomic mass is 10.4. The minimum Gasteiger partial charge on any atom is -0.239 e. The number of benzene rings is 1. The van der Waals surface area contributed by atoms with Gasteiger partial charge in [-0.25, -0.2) is 4.21 Å². The molecule has 0 saturated heterocycles. The summed E-state index contributed by atoms with van der Waals surface area (Å²) in [6, 6.07) is 6.74. The molecular formula is C9H8F3NO3S2. The predicted octanol–water partition coefficient (Wildman–Crippen LogP) is 2.51. The van der Waals surface area contributed by atoms with Crippen molar-refractivity contribution in [2.75, 3.05) is 0 Å². The lowest BCUT2D eigenvalue weighted by Gasteiger charge is -2.07. The van der Waals surface area contributed by atoms with Crippen LogP contribution in [0.25, 0.3) is 0 Å². The first-order valence-electron chi connectivity index (χ1n) is 4.39. The number of nitrogens with zero attached hydrogens (tertiary/aromatic N) is 1. The summed E-state index contributed by atoms with van der Waals surface area (Å²) < 4.78 is 72.8. The van der Waals surface area contributed by atoms with Gasteiger partial charge in [0.15, 0.2) is 0 Å². The van der Waals surface area contributed by atoms with Crippen LogP contribution in [-0.2, 0) is 19.8 Å². The van der Waals surface area contributed by atoms with Crippen LogP contribution in [0, 0.1) is 0 Å². The summed E-state index contributed by atoms with van der Waals surface area (Å²) in [4.78, 5) is -0.159. The fourth-order valence-corrected chi connectivity index (χ4v) is 3.80. The monoisotopic (exact) mass is 299 g/mol. The van der Waals surface area contributed by atoms with Crippen LogP contribution >= 0.6 is 0 Å². The van der Waals surface area contributed by atoms with Gasteiger partial charge in [-0.05, 0) is 12.1 Å². The zero-order chi connectivity index (χ0) is 14.0. The highest BCUT2D eigenvalue weighted by Gasteiger charge is 2.47. The van der Waals surface area contributed by atoms with Crippen molar-refractivity contribution in [3.05, 3.63) is 42.3 Å². The fourth-order valence-electron chi connectivity index (χ4n) is 0.973. The highest BCUT2D eigenvalue weighted by Crippen LogP contribution is 2.28. The van der Waals surface area contributed by atoms with Crippen LogP contribution in [0.3, 0.4) is 0 Å². The van der Waals surface area contributed by atoms with Crippen molar-refractivity contribution < 1.29 is 25.8 Å². The average Bonchev–Trinajstić information content (AvgIpc) is 2.28. The van der Waals surface area contributed by atoms with Gasteiger partial charge in [-0.2, -0.15) is 21.6 Å². The van der Waals surface area contributed by atoms with Gasteiger partial charge in [0.05, 0.1) is 4.90 Å². The Bertz CT molecular complexity index is 656. The van der Waals surface area contributed by atoms with Crippen molar-refractivity contribution >= 4 is 19.8 Å². The van der Waals surface area contributed by atoms with Crippen LogP contribution < -0.4 is 0 Å². The van der Waals surface area contributed by atoms with Gasteiger partial charge in [-0.1, -0.05) is 28.5 Å². The topological polar surface area (TPSA) is 63.6 Å². The van der Waals surface area contributed by atoms with Gasteiger partial charge < -0.3 is 0 Å². The Morgan fingerprint density at radius 1 is 1.11 bits per heavy atom. The number of rotatable bonds is 3. The van der Waals surface area contributed by atoms with E-state index >= 15 is 0 Å². The Kier molecular flexibility index (Phi) is 3.86. The van der Waals surface area contributed by atoms with E-state index in [0.717, 1.165) is 0 Å². The molecule has 0 aliphatic heterocycles. The van der Waals surface area contributed by atoms with Crippen LogP contribution in [0.1, 0.15) is 0 Å². The Morgan fingerprint density at radius 3 is 2.00 bits per heavy atom. The first-order valence-corrected chi connectivity index (χ1v) is 7.41. The van der Waals surface area contributed by atoms with Crippen LogP contribution in [0.2, 0.25) is 0 Å². The molecule has 1 unspecified atom stereocenters. The number of alkyl halides is 3. The summed E-state index contributed by atoms with van der Waals surface area (Å²) in [5.74, 6) is 0. The quantitative estimate of drug-likeness (QED) is 0.861. The van der Waals surface area contributed by atoms with E-state index in [-0.39, 0.29) is 4.90 Å². The molecule has 0 heterocycles. The van der Waals surface area contributed by atoms with Crippen molar-refractivity contribution in [2.24, 2.45) is 3.77 Å². The molecule has 0 spiro atoms. The molecule has 0 amide bonds. The maximum Gasteiger partial charge on any atom is 0.519 e. The molecule has 0 saturated carbocycles. The molecular weight excluding hydrogens is 291 g/mol. The largest absolute Gasteiger partial charge is 0.519 e. The molecule has 1 atom stereocenters. The van der Waals surface area contributed by atoms with Gasteiger partial charge in [-0.3, -0.25) is 0 Å². The summed E-state index contributed by atoms with van der Waals surface area (Å²) in [7, 11) is -9.70. The minimum absolute atomic E-state index is 0.159. The third kappa shape index (κ3) is 2.91. The standard InChI is InChI=1S/C9H8F3NO3S2/c1-2-17(14,8-6-4-3-5-7-8)13-18(15,16)9(10,11)12/h2-7H,1H2. The molecule has 0 bridgehead atoms. The van der Waals surface area contributed by atoms with E-state index in [0.29, 0.717) is 5.41 Å². The molecule has 4 nitrogen and oxygen atoms in total. The molecule has 0 fully saturated rings. The van der Waals surface area contributed by atoms with Crippen molar-refractivity contribution in [2.45, 2.75) is 10.4 Å². The minimum atomic E-state index is -5.84. The first kappa shape index (κ1) is 14.7. The molecule has 18 heavy (non-hydrogen) atoms. The Hall–Kier alpha value is -1.35. The molecule has 9 heteroatoms. The Balaban J connectivity index is 3.55. The summed E-state index contributed by atoms with van der Waals surface area (Å²) in [5.41, 5.74) is -5.59. The van der Waals surface area contributed by atoms with E-state index in [9.17, 15) is 25.8 Å². The number of sulfonamides is 1. The van der Waals surface area contributed by atoms with Crippen LogP contribution in [0.15, 0.2) is 51.0 Å². The van der Waals surface area contributed by atoms with Gasteiger partial charge in [0, 0.05) is 5.41 Å². The van der Waals surface area contributed by atoms with E-state index < -0.39 is 25.3 Å².